The molecule has 0 spiro atoms. The number of carbonyl (C=O) groups excluding carboxylic acids is 1. The van der Waals surface area contributed by atoms with Gasteiger partial charge < -0.3 is 9.84 Å². The second-order valence-corrected chi connectivity index (χ2v) is 6.39. The molecule has 6 heteroatoms. The van der Waals surface area contributed by atoms with E-state index in [9.17, 15) is 9.59 Å². The number of rotatable bonds is 7. The molecule has 0 aromatic heterocycles. The van der Waals surface area contributed by atoms with Gasteiger partial charge in [0, 0.05) is 19.3 Å². The van der Waals surface area contributed by atoms with E-state index in [4.69, 9.17) is 9.84 Å². The average Bonchev–Trinajstić information content (AvgIpc) is 3.14. The van der Waals surface area contributed by atoms with Crippen molar-refractivity contribution in [2.24, 2.45) is 5.10 Å². The summed E-state index contributed by atoms with van der Waals surface area (Å²) in [5.74, 6) is -0.351. The van der Waals surface area contributed by atoms with Crippen LogP contribution in [0.4, 0.5) is 0 Å². The molecular weight excluding hydrogens is 344 g/mol. The number of amides is 1. The fraction of sp³-hybridized carbons (Fsp3) is 0.286. The van der Waals surface area contributed by atoms with Crippen molar-refractivity contribution in [3.8, 4) is 5.75 Å². The largest absolute Gasteiger partial charge is 0.497 e. The summed E-state index contributed by atoms with van der Waals surface area (Å²) in [6, 6.07) is 17.1. The van der Waals surface area contributed by atoms with Crippen LogP contribution in [0, 0.1) is 0 Å². The Balaban J connectivity index is 1.86. The van der Waals surface area contributed by atoms with Crippen LogP contribution in [0.2, 0.25) is 0 Å². The number of hydrogen-bond donors (Lipinski definition) is 1. The first-order valence-corrected chi connectivity index (χ1v) is 8.89. The van der Waals surface area contributed by atoms with Crippen LogP contribution in [0.25, 0.3) is 0 Å². The minimum atomic E-state index is -0.901. The van der Waals surface area contributed by atoms with E-state index in [-0.39, 0.29) is 24.8 Å². The zero-order chi connectivity index (χ0) is 19.2. The van der Waals surface area contributed by atoms with Crippen molar-refractivity contribution in [3.63, 3.8) is 0 Å². The van der Waals surface area contributed by atoms with Crippen molar-refractivity contribution < 1.29 is 19.4 Å². The van der Waals surface area contributed by atoms with Gasteiger partial charge in [0.2, 0.25) is 5.91 Å². The Hall–Kier alpha value is -3.15. The Morgan fingerprint density at radius 2 is 1.93 bits per heavy atom. The number of aliphatic carboxylic acids is 1. The number of hydrazone groups is 1. The molecule has 2 aromatic rings. The highest BCUT2D eigenvalue weighted by Gasteiger charge is 2.33. The molecule has 140 valence electrons. The number of hydrogen-bond acceptors (Lipinski definition) is 4. The van der Waals surface area contributed by atoms with Crippen LogP contribution in [0.5, 0.6) is 5.75 Å². The third-order valence-corrected chi connectivity index (χ3v) is 4.53. The number of nitrogens with zero attached hydrogens (tertiary/aromatic N) is 2. The van der Waals surface area contributed by atoms with Crippen LogP contribution in [0.1, 0.15) is 42.9 Å². The lowest BCUT2D eigenvalue weighted by atomic mass is 9.98. The zero-order valence-corrected chi connectivity index (χ0v) is 15.2. The maximum Gasteiger partial charge on any atom is 0.303 e. The van der Waals surface area contributed by atoms with Gasteiger partial charge in [-0.25, -0.2) is 5.01 Å². The van der Waals surface area contributed by atoms with Gasteiger partial charge in [-0.2, -0.15) is 5.10 Å². The summed E-state index contributed by atoms with van der Waals surface area (Å²) in [5.41, 5.74) is 2.76. The first kappa shape index (κ1) is 18.6. The lowest BCUT2D eigenvalue weighted by Gasteiger charge is -2.22. The van der Waals surface area contributed by atoms with Crippen LogP contribution in [0.15, 0.2) is 59.7 Å². The smallest absolute Gasteiger partial charge is 0.303 e. The molecule has 2 aromatic carbocycles. The van der Waals surface area contributed by atoms with E-state index < -0.39 is 5.97 Å². The lowest BCUT2D eigenvalue weighted by molar-refractivity contribution is -0.137. The Bertz CT molecular complexity index is 848. The second kappa shape index (κ2) is 8.49. The molecule has 1 amide bonds. The number of ether oxygens (including phenoxy) is 1. The number of carboxylic acids is 1. The predicted octanol–water partition coefficient (Wildman–Crippen LogP) is 3.63. The SMILES string of the molecule is COc1cccc(C2CC(c3ccccc3)=NN2C(=O)CCCC(=O)O)c1. The van der Waals surface area contributed by atoms with Crippen molar-refractivity contribution in [2.75, 3.05) is 7.11 Å². The predicted molar refractivity (Wildman–Crippen MR) is 102 cm³/mol. The highest BCUT2D eigenvalue weighted by atomic mass is 16.5. The van der Waals surface area contributed by atoms with Gasteiger partial charge in [0.1, 0.15) is 5.75 Å². The molecule has 1 aliphatic rings. The topological polar surface area (TPSA) is 79.2 Å². The molecule has 1 aliphatic heterocycles. The third-order valence-electron chi connectivity index (χ3n) is 4.53. The maximum absolute atomic E-state index is 12.7. The number of carboxylic acid groups (broad SMARTS) is 1. The van der Waals surface area contributed by atoms with Gasteiger partial charge in [-0.3, -0.25) is 9.59 Å². The molecule has 1 N–H and O–H groups in total. The molecule has 1 heterocycles. The Kier molecular flexibility index (Phi) is 5.86. The monoisotopic (exact) mass is 366 g/mol. The van der Waals surface area contributed by atoms with Gasteiger partial charge in [0.05, 0.1) is 18.9 Å². The standard InChI is InChI=1S/C21H22N2O4/c1-27-17-10-5-9-16(13-17)19-14-18(15-7-3-2-4-8-15)22-23(19)20(24)11-6-12-21(25)26/h2-5,7-10,13,19H,6,11-12,14H2,1H3,(H,25,26). The van der Waals surface area contributed by atoms with E-state index in [1.54, 1.807) is 7.11 Å². The van der Waals surface area contributed by atoms with Gasteiger partial charge in [-0.05, 0) is 29.7 Å². The van der Waals surface area contributed by atoms with Gasteiger partial charge in [-0.15, -0.1) is 0 Å². The molecule has 0 bridgehead atoms. The normalized spacial score (nSPS) is 16.1. The van der Waals surface area contributed by atoms with Gasteiger partial charge in [0.25, 0.3) is 0 Å². The molecule has 6 nitrogen and oxygen atoms in total. The Morgan fingerprint density at radius 3 is 2.63 bits per heavy atom. The molecular formula is C21H22N2O4. The van der Waals surface area contributed by atoms with Crippen molar-refractivity contribution in [1.82, 2.24) is 5.01 Å². The Morgan fingerprint density at radius 1 is 1.15 bits per heavy atom. The van der Waals surface area contributed by atoms with Crippen LogP contribution in [0.3, 0.4) is 0 Å². The highest BCUT2D eigenvalue weighted by Crippen LogP contribution is 2.34. The van der Waals surface area contributed by atoms with E-state index in [1.165, 1.54) is 5.01 Å². The second-order valence-electron chi connectivity index (χ2n) is 6.39. The maximum atomic E-state index is 12.7. The van der Waals surface area contributed by atoms with Crippen LogP contribution >= 0.6 is 0 Å². The quantitative estimate of drug-likeness (QED) is 0.811. The van der Waals surface area contributed by atoms with Crippen molar-refractivity contribution >= 4 is 17.6 Å². The lowest BCUT2D eigenvalue weighted by Crippen LogP contribution is -2.27. The molecule has 0 aliphatic carbocycles. The van der Waals surface area contributed by atoms with E-state index >= 15 is 0 Å². The van der Waals surface area contributed by atoms with Crippen LogP contribution in [-0.4, -0.2) is 34.8 Å². The molecule has 0 fully saturated rings. The first-order chi connectivity index (χ1) is 13.1. The van der Waals surface area contributed by atoms with Crippen LogP contribution in [-0.2, 0) is 9.59 Å². The van der Waals surface area contributed by atoms with Crippen LogP contribution < -0.4 is 4.74 Å². The molecule has 0 saturated carbocycles. The summed E-state index contributed by atoms with van der Waals surface area (Å²) in [5, 5.41) is 14.9. The molecule has 1 atom stereocenters. The van der Waals surface area contributed by atoms with Crippen molar-refractivity contribution in [2.45, 2.75) is 31.7 Å². The summed E-state index contributed by atoms with van der Waals surface area (Å²) in [6.45, 7) is 0. The molecule has 27 heavy (non-hydrogen) atoms. The molecule has 0 radical (unpaired) electrons. The fourth-order valence-corrected chi connectivity index (χ4v) is 3.16. The average molecular weight is 366 g/mol. The van der Waals surface area contributed by atoms with E-state index in [1.807, 2.05) is 54.6 Å². The van der Waals surface area contributed by atoms with E-state index in [0.717, 1.165) is 22.6 Å². The fourth-order valence-electron chi connectivity index (χ4n) is 3.16. The van der Waals surface area contributed by atoms with Gasteiger partial charge in [-0.1, -0.05) is 42.5 Å². The summed E-state index contributed by atoms with van der Waals surface area (Å²) in [6.07, 6.45) is 1.02. The summed E-state index contributed by atoms with van der Waals surface area (Å²) >= 11 is 0. The molecule has 1 unspecified atom stereocenters. The third kappa shape index (κ3) is 4.53. The van der Waals surface area contributed by atoms with Gasteiger partial charge in [0.15, 0.2) is 0 Å². The zero-order valence-electron chi connectivity index (χ0n) is 15.2. The first-order valence-electron chi connectivity index (χ1n) is 8.89. The number of carbonyl (C=O) groups is 2. The highest BCUT2D eigenvalue weighted by molar-refractivity contribution is 6.03. The van der Waals surface area contributed by atoms with E-state index in [0.29, 0.717) is 12.8 Å². The number of methoxy groups -OCH3 is 1. The minimum Gasteiger partial charge on any atom is -0.497 e. The Labute approximate surface area is 158 Å². The van der Waals surface area contributed by atoms with Crippen molar-refractivity contribution in [3.05, 3.63) is 65.7 Å². The molecule has 3 rings (SSSR count). The summed E-state index contributed by atoms with van der Waals surface area (Å²) in [4.78, 5) is 23.5. The minimum absolute atomic E-state index is 0.0291. The number of benzene rings is 2. The van der Waals surface area contributed by atoms with Crippen molar-refractivity contribution in [1.29, 1.82) is 0 Å². The molecule has 0 saturated heterocycles. The van der Waals surface area contributed by atoms with Gasteiger partial charge >= 0.3 is 5.97 Å². The van der Waals surface area contributed by atoms with E-state index in [2.05, 4.69) is 5.10 Å². The summed E-state index contributed by atoms with van der Waals surface area (Å²) in [7, 11) is 1.61. The summed E-state index contributed by atoms with van der Waals surface area (Å²) < 4.78 is 5.31.